The summed E-state index contributed by atoms with van der Waals surface area (Å²) in [5.74, 6) is -0.364. The highest BCUT2D eigenvalue weighted by molar-refractivity contribution is 6.31. The Bertz CT molecular complexity index is 1020. The molecule has 0 atom stereocenters. The quantitative estimate of drug-likeness (QED) is 0.407. The van der Waals surface area contributed by atoms with Gasteiger partial charge in [-0.25, -0.2) is 4.98 Å². The molecule has 0 unspecified atom stereocenters. The van der Waals surface area contributed by atoms with Crippen LogP contribution in [0.1, 0.15) is 21.6 Å². The Labute approximate surface area is 175 Å². The van der Waals surface area contributed by atoms with Crippen LogP contribution in [0.5, 0.6) is 0 Å². The summed E-state index contributed by atoms with van der Waals surface area (Å²) in [5, 5.41) is 5.87. The van der Waals surface area contributed by atoms with Crippen LogP contribution in [0, 0.1) is 0 Å². The number of halogens is 4. The van der Waals surface area contributed by atoms with Gasteiger partial charge in [0.15, 0.2) is 0 Å². The largest absolute Gasteiger partial charge is 0.416 e. The van der Waals surface area contributed by atoms with E-state index in [0.717, 1.165) is 17.8 Å². The van der Waals surface area contributed by atoms with Crippen molar-refractivity contribution in [1.82, 2.24) is 15.3 Å². The third kappa shape index (κ3) is 6.08. The first kappa shape index (κ1) is 21.4. The molecule has 1 amide bonds. The summed E-state index contributed by atoms with van der Waals surface area (Å²) in [6, 6.07) is 10.8. The molecule has 0 aliphatic carbocycles. The van der Waals surface area contributed by atoms with Crippen molar-refractivity contribution in [1.29, 1.82) is 0 Å². The first-order chi connectivity index (χ1) is 14.3. The molecule has 0 saturated carbocycles. The highest BCUT2D eigenvalue weighted by Gasteiger charge is 2.30. The van der Waals surface area contributed by atoms with Crippen LogP contribution in [-0.4, -0.2) is 28.4 Å². The van der Waals surface area contributed by atoms with Gasteiger partial charge in [0.05, 0.1) is 11.9 Å². The summed E-state index contributed by atoms with van der Waals surface area (Å²) in [7, 11) is 0. The number of hydrogen-bond donors (Lipinski definition) is 3. The Kier molecular flexibility index (Phi) is 6.73. The number of hydrogen-bond acceptors (Lipinski definition) is 3. The molecular weight excluding hydrogens is 419 g/mol. The standard InChI is InChI=1S/C20H17ClF3N5O/c21-15-3-1-2-13(10-15)18(30)29-19(26-9-8-17-11-25-12-27-17)28-16-6-4-14(5-7-16)20(22,23)24/h1-7,10-12H,8-9H2,(H,25,27)(H2,26,28,29,30). The van der Waals surface area contributed by atoms with E-state index in [1.165, 1.54) is 18.2 Å². The lowest BCUT2D eigenvalue weighted by Crippen LogP contribution is -2.36. The molecule has 0 bridgehead atoms. The van der Waals surface area contributed by atoms with E-state index in [-0.39, 0.29) is 5.96 Å². The highest BCUT2D eigenvalue weighted by atomic mass is 35.5. The molecular formula is C20H17ClF3N5O. The van der Waals surface area contributed by atoms with E-state index in [2.05, 4.69) is 25.6 Å². The molecule has 1 heterocycles. The van der Waals surface area contributed by atoms with Crippen LogP contribution in [0.3, 0.4) is 0 Å². The molecule has 156 valence electrons. The summed E-state index contributed by atoms with van der Waals surface area (Å²) in [4.78, 5) is 23.7. The van der Waals surface area contributed by atoms with E-state index >= 15 is 0 Å². The number of nitrogens with one attached hydrogen (secondary N) is 3. The minimum absolute atomic E-state index is 0.0965. The Morgan fingerprint density at radius 2 is 1.93 bits per heavy atom. The number of H-pyrrole nitrogens is 1. The summed E-state index contributed by atoms with van der Waals surface area (Å²) in [6.45, 7) is 0.307. The number of carbonyl (C=O) groups is 1. The molecule has 30 heavy (non-hydrogen) atoms. The summed E-state index contributed by atoms with van der Waals surface area (Å²) in [5.41, 5.74) is 0.746. The van der Waals surface area contributed by atoms with Gasteiger partial charge in [-0.2, -0.15) is 13.2 Å². The van der Waals surface area contributed by atoms with E-state index in [9.17, 15) is 18.0 Å². The molecule has 0 aliphatic heterocycles. The van der Waals surface area contributed by atoms with Crippen molar-refractivity contribution >= 4 is 29.2 Å². The van der Waals surface area contributed by atoms with E-state index in [4.69, 9.17) is 11.6 Å². The number of aromatic amines is 1. The number of guanidine groups is 1. The number of alkyl halides is 3. The van der Waals surface area contributed by atoms with Crippen molar-refractivity contribution in [3.8, 4) is 0 Å². The molecule has 0 spiro atoms. The molecule has 3 rings (SSSR count). The zero-order chi connectivity index (χ0) is 21.6. The van der Waals surface area contributed by atoms with Gasteiger partial charge in [0.2, 0.25) is 5.96 Å². The summed E-state index contributed by atoms with van der Waals surface area (Å²) >= 11 is 5.92. The molecule has 1 aromatic heterocycles. The number of carbonyl (C=O) groups excluding carboxylic acids is 1. The fourth-order valence-electron chi connectivity index (χ4n) is 2.51. The topological polar surface area (TPSA) is 82.2 Å². The fraction of sp³-hybridized carbons (Fsp3) is 0.150. The second-order valence-corrected chi connectivity index (χ2v) is 6.66. The molecule has 0 aliphatic rings. The molecule has 3 aromatic rings. The number of benzene rings is 2. The molecule has 10 heteroatoms. The van der Waals surface area contributed by atoms with Crippen LogP contribution in [-0.2, 0) is 12.6 Å². The maximum Gasteiger partial charge on any atom is 0.416 e. The van der Waals surface area contributed by atoms with Crippen molar-refractivity contribution in [3.05, 3.63) is 82.9 Å². The first-order valence-electron chi connectivity index (χ1n) is 8.84. The Balaban J connectivity index is 1.75. The summed E-state index contributed by atoms with van der Waals surface area (Å²) in [6.07, 6.45) is -0.698. The second kappa shape index (κ2) is 9.45. The van der Waals surface area contributed by atoms with Gasteiger partial charge in [-0.3, -0.25) is 15.1 Å². The normalized spacial score (nSPS) is 11.9. The van der Waals surface area contributed by atoms with Gasteiger partial charge in [0, 0.05) is 41.1 Å². The number of nitrogens with zero attached hydrogens (tertiary/aromatic N) is 2. The predicted molar refractivity (Wildman–Crippen MR) is 109 cm³/mol. The second-order valence-electron chi connectivity index (χ2n) is 6.22. The molecule has 3 N–H and O–H groups in total. The van der Waals surface area contributed by atoms with Crippen molar-refractivity contribution in [2.24, 2.45) is 4.99 Å². The van der Waals surface area contributed by atoms with Gasteiger partial charge in [-0.1, -0.05) is 17.7 Å². The minimum Gasteiger partial charge on any atom is -0.348 e. The van der Waals surface area contributed by atoms with E-state index in [1.54, 1.807) is 30.7 Å². The van der Waals surface area contributed by atoms with Gasteiger partial charge in [-0.05, 0) is 42.5 Å². The number of imidazole rings is 1. The van der Waals surface area contributed by atoms with Crippen LogP contribution in [0.25, 0.3) is 0 Å². The number of anilines is 1. The number of rotatable bonds is 5. The predicted octanol–water partition coefficient (Wildman–Crippen LogP) is 4.52. The van der Waals surface area contributed by atoms with Gasteiger partial charge in [0.1, 0.15) is 0 Å². The van der Waals surface area contributed by atoms with Gasteiger partial charge < -0.3 is 10.3 Å². The number of aliphatic imine (C=N–C) groups is 1. The number of amides is 1. The van der Waals surface area contributed by atoms with Gasteiger partial charge >= 0.3 is 6.18 Å². The maximum absolute atomic E-state index is 12.8. The number of aromatic nitrogens is 2. The van der Waals surface area contributed by atoms with E-state index < -0.39 is 17.6 Å². The Morgan fingerprint density at radius 3 is 2.57 bits per heavy atom. The minimum atomic E-state index is -4.43. The van der Waals surface area contributed by atoms with E-state index in [1.807, 2.05) is 0 Å². The zero-order valence-corrected chi connectivity index (χ0v) is 16.3. The zero-order valence-electron chi connectivity index (χ0n) is 15.5. The lowest BCUT2D eigenvalue weighted by Gasteiger charge is -2.13. The Morgan fingerprint density at radius 1 is 1.17 bits per heavy atom. The average Bonchev–Trinajstić information content (AvgIpc) is 3.21. The maximum atomic E-state index is 12.8. The SMILES string of the molecule is O=C(NC(=NCCc1cnc[nH]1)Nc1ccc(C(F)(F)F)cc1)c1cccc(Cl)c1. The van der Waals surface area contributed by atoms with Crippen LogP contribution in [0.2, 0.25) is 5.02 Å². The van der Waals surface area contributed by atoms with Crippen LogP contribution in [0.15, 0.2) is 66.0 Å². The average molecular weight is 436 g/mol. The van der Waals surface area contributed by atoms with Crippen molar-refractivity contribution in [2.45, 2.75) is 12.6 Å². The molecule has 0 fully saturated rings. The Hall–Kier alpha value is -3.33. The molecule has 2 aromatic carbocycles. The molecule has 0 saturated heterocycles. The molecule has 0 radical (unpaired) electrons. The van der Waals surface area contributed by atoms with Crippen molar-refractivity contribution < 1.29 is 18.0 Å². The van der Waals surface area contributed by atoms with Crippen LogP contribution < -0.4 is 10.6 Å². The van der Waals surface area contributed by atoms with E-state index in [0.29, 0.717) is 29.2 Å². The highest BCUT2D eigenvalue weighted by Crippen LogP contribution is 2.29. The van der Waals surface area contributed by atoms with Crippen molar-refractivity contribution in [2.75, 3.05) is 11.9 Å². The first-order valence-corrected chi connectivity index (χ1v) is 9.22. The monoisotopic (exact) mass is 435 g/mol. The summed E-state index contributed by atoms with van der Waals surface area (Å²) < 4.78 is 38.3. The van der Waals surface area contributed by atoms with Gasteiger partial charge in [-0.15, -0.1) is 0 Å². The lowest BCUT2D eigenvalue weighted by molar-refractivity contribution is -0.137. The third-order valence-electron chi connectivity index (χ3n) is 4.00. The fourth-order valence-corrected chi connectivity index (χ4v) is 2.70. The lowest BCUT2D eigenvalue weighted by atomic mass is 10.2. The van der Waals surface area contributed by atoms with Crippen molar-refractivity contribution in [3.63, 3.8) is 0 Å². The van der Waals surface area contributed by atoms with Crippen LogP contribution in [0.4, 0.5) is 18.9 Å². The smallest absolute Gasteiger partial charge is 0.348 e. The third-order valence-corrected chi connectivity index (χ3v) is 4.23. The molecule has 6 nitrogen and oxygen atoms in total. The van der Waals surface area contributed by atoms with Gasteiger partial charge in [0.25, 0.3) is 5.91 Å². The van der Waals surface area contributed by atoms with Crippen LogP contribution >= 0.6 is 11.6 Å².